The van der Waals surface area contributed by atoms with Gasteiger partial charge in [-0.05, 0) is 24.5 Å². The number of hydrogen-bond acceptors (Lipinski definition) is 3. The van der Waals surface area contributed by atoms with E-state index in [4.69, 9.17) is 5.11 Å². The molecule has 0 atom stereocenters. The number of carboxylic acid groups (broad SMARTS) is 1. The Morgan fingerprint density at radius 1 is 1.33 bits per heavy atom. The summed E-state index contributed by atoms with van der Waals surface area (Å²) in [5, 5.41) is 8.91. The zero-order chi connectivity index (χ0) is 11.1. The molecule has 4 nitrogen and oxygen atoms in total. The number of carbonyl (C=O) groups is 1. The highest BCUT2D eigenvalue weighted by molar-refractivity contribution is 7.91. The molecule has 0 amide bonds. The first kappa shape index (κ1) is 10.2. The zero-order valence-corrected chi connectivity index (χ0v) is 8.75. The zero-order valence-electron chi connectivity index (χ0n) is 7.93. The van der Waals surface area contributed by atoms with Gasteiger partial charge in [0, 0.05) is 0 Å². The molecule has 15 heavy (non-hydrogen) atoms. The van der Waals surface area contributed by atoms with E-state index >= 15 is 0 Å². The van der Waals surface area contributed by atoms with Crippen LogP contribution in [0.2, 0.25) is 0 Å². The Hall–Kier alpha value is -1.36. The molecule has 0 fully saturated rings. The lowest BCUT2D eigenvalue weighted by molar-refractivity contribution is 0.0692. The van der Waals surface area contributed by atoms with Crippen LogP contribution in [-0.2, 0) is 16.3 Å². The van der Waals surface area contributed by atoms with E-state index in [1.54, 1.807) is 12.1 Å². The maximum atomic E-state index is 11.7. The summed E-state index contributed by atoms with van der Waals surface area (Å²) in [6.45, 7) is 0. The summed E-state index contributed by atoms with van der Waals surface area (Å²) in [6.07, 6.45) is 1.20. The molecule has 0 unspecified atom stereocenters. The first-order valence-electron chi connectivity index (χ1n) is 4.60. The number of benzene rings is 1. The fraction of sp³-hybridized carbons (Fsp3) is 0.300. The highest BCUT2D eigenvalue weighted by atomic mass is 32.2. The minimum Gasteiger partial charge on any atom is -0.478 e. The molecule has 0 saturated carbocycles. The number of aromatic carboxylic acids is 1. The van der Waals surface area contributed by atoms with E-state index in [2.05, 4.69) is 0 Å². The Kier molecular flexibility index (Phi) is 2.26. The summed E-state index contributed by atoms with van der Waals surface area (Å²) in [4.78, 5) is 10.9. The van der Waals surface area contributed by atoms with Crippen molar-refractivity contribution in [2.45, 2.75) is 17.7 Å². The Morgan fingerprint density at radius 2 is 2.07 bits per heavy atom. The molecule has 1 aliphatic rings. The average Bonchev–Trinajstić information content (AvgIpc) is 2.16. The van der Waals surface area contributed by atoms with Gasteiger partial charge in [0.1, 0.15) is 0 Å². The fourth-order valence-corrected chi connectivity index (χ4v) is 3.66. The smallest absolute Gasteiger partial charge is 0.337 e. The molecule has 1 aliphatic heterocycles. The molecular weight excluding hydrogens is 216 g/mol. The summed E-state index contributed by atoms with van der Waals surface area (Å²) < 4.78 is 23.5. The minimum atomic E-state index is -3.40. The van der Waals surface area contributed by atoms with Crippen molar-refractivity contribution in [1.82, 2.24) is 0 Å². The highest BCUT2D eigenvalue weighted by Gasteiger charge is 2.28. The molecule has 1 heterocycles. The van der Waals surface area contributed by atoms with E-state index in [1.807, 2.05) is 0 Å². The maximum absolute atomic E-state index is 11.7. The Balaban J connectivity index is 2.77. The van der Waals surface area contributed by atoms with Gasteiger partial charge in [-0.25, -0.2) is 13.2 Å². The van der Waals surface area contributed by atoms with Crippen LogP contribution in [0.15, 0.2) is 23.1 Å². The third kappa shape index (κ3) is 1.63. The van der Waals surface area contributed by atoms with Crippen LogP contribution < -0.4 is 0 Å². The van der Waals surface area contributed by atoms with Gasteiger partial charge in [0.25, 0.3) is 0 Å². The van der Waals surface area contributed by atoms with Gasteiger partial charge in [0.05, 0.1) is 16.2 Å². The highest BCUT2D eigenvalue weighted by Crippen LogP contribution is 2.28. The molecule has 1 aromatic carbocycles. The van der Waals surface area contributed by atoms with Crippen LogP contribution in [0.5, 0.6) is 0 Å². The molecular formula is C10H10O4S. The van der Waals surface area contributed by atoms with Gasteiger partial charge in [0.15, 0.2) is 9.84 Å². The minimum absolute atomic E-state index is 0.0174. The fourth-order valence-electron chi connectivity index (χ4n) is 1.87. The summed E-state index contributed by atoms with van der Waals surface area (Å²) in [6, 6.07) is 4.60. The number of sulfone groups is 1. The second-order valence-corrected chi connectivity index (χ2v) is 5.57. The van der Waals surface area contributed by atoms with Gasteiger partial charge in [-0.1, -0.05) is 12.1 Å². The second kappa shape index (κ2) is 3.34. The number of fused-ring (bicyclic) bond motifs is 1. The van der Waals surface area contributed by atoms with Crippen molar-refractivity contribution in [2.75, 3.05) is 5.75 Å². The van der Waals surface area contributed by atoms with Crippen LogP contribution in [0.4, 0.5) is 0 Å². The van der Waals surface area contributed by atoms with Crippen LogP contribution in [-0.4, -0.2) is 25.2 Å². The monoisotopic (exact) mass is 226 g/mol. The number of rotatable bonds is 1. The summed E-state index contributed by atoms with van der Waals surface area (Å²) in [5.74, 6) is -1.14. The molecule has 0 aliphatic carbocycles. The van der Waals surface area contributed by atoms with Crippen molar-refractivity contribution in [2.24, 2.45) is 0 Å². The first-order chi connectivity index (χ1) is 7.02. The molecule has 2 rings (SSSR count). The van der Waals surface area contributed by atoms with Crippen LogP contribution in [0.1, 0.15) is 22.3 Å². The largest absolute Gasteiger partial charge is 0.478 e. The molecule has 80 valence electrons. The third-order valence-corrected chi connectivity index (χ3v) is 4.43. The molecule has 5 heteroatoms. The average molecular weight is 226 g/mol. The molecule has 0 bridgehead atoms. The van der Waals surface area contributed by atoms with Crippen molar-refractivity contribution in [3.8, 4) is 0 Å². The first-order valence-corrected chi connectivity index (χ1v) is 6.25. The molecule has 0 radical (unpaired) electrons. The topological polar surface area (TPSA) is 71.4 Å². The number of aryl methyl sites for hydroxylation is 1. The van der Waals surface area contributed by atoms with E-state index < -0.39 is 15.8 Å². The lowest BCUT2D eigenvalue weighted by Crippen LogP contribution is -2.19. The number of carboxylic acids is 1. The Morgan fingerprint density at radius 3 is 2.73 bits per heavy atom. The SMILES string of the molecule is O=C(O)c1cccc2c1S(=O)(=O)CCC2. The standard InChI is InChI=1S/C10H10O4S/c11-10(12)8-5-1-3-7-4-2-6-15(13,14)9(7)8/h1,3,5H,2,4,6H2,(H,11,12). The molecule has 0 spiro atoms. The predicted molar refractivity (Wildman–Crippen MR) is 53.8 cm³/mol. The Labute approximate surface area is 87.5 Å². The quantitative estimate of drug-likeness (QED) is 0.778. The van der Waals surface area contributed by atoms with Gasteiger partial charge >= 0.3 is 5.97 Å². The predicted octanol–water partition coefficient (Wildman–Crippen LogP) is 1.10. The van der Waals surface area contributed by atoms with Crippen LogP contribution in [0.25, 0.3) is 0 Å². The second-order valence-electron chi connectivity index (χ2n) is 3.52. The normalized spacial score (nSPS) is 18.1. The van der Waals surface area contributed by atoms with Crippen molar-refractivity contribution in [3.63, 3.8) is 0 Å². The maximum Gasteiger partial charge on any atom is 0.337 e. The molecule has 1 N–H and O–H groups in total. The van der Waals surface area contributed by atoms with Gasteiger partial charge in [0.2, 0.25) is 0 Å². The molecule has 1 aromatic rings. The van der Waals surface area contributed by atoms with Crippen molar-refractivity contribution in [1.29, 1.82) is 0 Å². The Bertz CT molecular complexity index is 516. The van der Waals surface area contributed by atoms with Crippen LogP contribution in [0.3, 0.4) is 0 Å². The van der Waals surface area contributed by atoms with E-state index in [-0.39, 0.29) is 16.2 Å². The van der Waals surface area contributed by atoms with E-state index in [1.165, 1.54) is 6.07 Å². The van der Waals surface area contributed by atoms with Gasteiger partial charge in [-0.15, -0.1) is 0 Å². The summed E-state index contributed by atoms with van der Waals surface area (Å²) in [7, 11) is -3.40. The summed E-state index contributed by atoms with van der Waals surface area (Å²) >= 11 is 0. The molecule has 0 aromatic heterocycles. The van der Waals surface area contributed by atoms with Crippen molar-refractivity contribution < 1.29 is 18.3 Å². The van der Waals surface area contributed by atoms with Crippen molar-refractivity contribution in [3.05, 3.63) is 29.3 Å². The summed E-state index contributed by atoms with van der Waals surface area (Å²) in [5.41, 5.74) is 0.522. The van der Waals surface area contributed by atoms with Crippen LogP contribution in [0, 0.1) is 0 Å². The van der Waals surface area contributed by atoms with Gasteiger partial charge in [-0.2, -0.15) is 0 Å². The van der Waals surface area contributed by atoms with Gasteiger partial charge < -0.3 is 5.11 Å². The molecule has 0 saturated heterocycles. The third-order valence-electron chi connectivity index (χ3n) is 2.50. The van der Waals surface area contributed by atoms with Gasteiger partial charge in [-0.3, -0.25) is 0 Å². The van der Waals surface area contributed by atoms with E-state index in [0.717, 1.165) is 0 Å². The van der Waals surface area contributed by atoms with Crippen molar-refractivity contribution >= 4 is 15.8 Å². The lowest BCUT2D eigenvalue weighted by Gasteiger charge is -2.17. The van der Waals surface area contributed by atoms with E-state index in [0.29, 0.717) is 18.4 Å². The van der Waals surface area contributed by atoms with Crippen LogP contribution >= 0.6 is 0 Å². The lowest BCUT2D eigenvalue weighted by atomic mass is 10.1. The van der Waals surface area contributed by atoms with E-state index in [9.17, 15) is 13.2 Å². The number of hydrogen-bond donors (Lipinski definition) is 1.